The Hall–Kier alpha value is -3.75. The van der Waals surface area contributed by atoms with Crippen LogP contribution in [-0.4, -0.2) is 46.8 Å². The van der Waals surface area contributed by atoms with Crippen LogP contribution >= 0.6 is 0 Å². The summed E-state index contributed by atoms with van der Waals surface area (Å²) in [6.07, 6.45) is 6.96. The molecule has 0 heterocycles. The smallest absolute Gasteiger partial charge is 0.303 e. The van der Waals surface area contributed by atoms with Crippen molar-refractivity contribution in [2.75, 3.05) is 6.54 Å². The first-order chi connectivity index (χ1) is 17.6. The lowest BCUT2D eigenvalue weighted by atomic mass is 9.92. The van der Waals surface area contributed by atoms with Gasteiger partial charge < -0.3 is 21.3 Å². The maximum Gasteiger partial charge on any atom is 0.303 e. The molecule has 0 bridgehead atoms. The summed E-state index contributed by atoms with van der Waals surface area (Å²) in [6.45, 7) is 8.06. The van der Waals surface area contributed by atoms with Crippen molar-refractivity contribution >= 4 is 30.1 Å². The van der Waals surface area contributed by atoms with Crippen LogP contribution in [0.1, 0.15) is 88.6 Å². The standard InChI is InChI=1S/C27H39N3O4.CH2O2/c1-5-9-19(4)25(27(34)30-23(28)10-6-2)21(7-3)15-12-20-13-16-22(17-14-20)26(33)29-18-8-11-24(31)32;2-1-3/h7,13-14,16-17H,5-6,8-12,15,18H2,1-4H3,(H,29,33)(H,31,32)(H2,28,30,34);1H,(H,2,3)/b21-7-,25-19+;. The fourth-order valence-corrected chi connectivity index (χ4v) is 3.65. The third-order valence-electron chi connectivity index (χ3n) is 5.44. The molecule has 0 aliphatic carbocycles. The minimum atomic E-state index is -0.875. The molecule has 1 aromatic rings. The van der Waals surface area contributed by atoms with E-state index in [4.69, 9.17) is 20.7 Å². The molecule has 1 aromatic carbocycles. The summed E-state index contributed by atoms with van der Waals surface area (Å²) in [4.78, 5) is 48.3. The summed E-state index contributed by atoms with van der Waals surface area (Å²) < 4.78 is 0. The van der Waals surface area contributed by atoms with Gasteiger partial charge in [-0.3, -0.25) is 19.2 Å². The molecule has 0 aliphatic rings. The number of rotatable bonds is 14. The Kier molecular flexibility index (Phi) is 17.5. The summed E-state index contributed by atoms with van der Waals surface area (Å²) in [7, 11) is 0. The van der Waals surface area contributed by atoms with Gasteiger partial charge in [0.15, 0.2) is 0 Å². The molecule has 9 heteroatoms. The largest absolute Gasteiger partial charge is 0.483 e. The van der Waals surface area contributed by atoms with Crippen molar-refractivity contribution in [1.82, 2.24) is 5.32 Å². The normalized spacial score (nSPS) is 12.1. The van der Waals surface area contributed by atoms with E-state index in [-0.39, 0.29) is 24.7 Å². The Morgan fingerprint density at radius 3 is 2.14 bits per heavy atom. The molecule has 0 saturated carbocycles. The molecule has 0 radical (unpaired) electrons. The Morgan fingerprint density at radius 1 is 1.03 bits per heavy atom. The molecule has 0 saturated heterocycles. The second kappa shape index (κ2) is 19.4. The third-order valence-corrected chi connectivity index (χ3v) is 5.44. The molecule has 0 unspecified atom stereocenters. The van der Waals surface area contributed by atoms with Crippen LogP contribution in [0.2, 0.25) is 0 Å². The number of hydrogen-bond acceptors (Lipinski definition) is 4. The van der Waals surface area contributed by atoms with Gasteiger partial charge in [-0.05, 0) is 69.2 Å². The number of allylic oxidation sites excluding steroid dienone is 2. The van der Waals surface area contributed by atoms with Gasteiger partial charge in [-0.2, -0.15) is 4.99 Å². The van der Waals surface area contributed by atoms with Crippen LogP contribution in [0.4, 0.5) is 0 Å². The second-order valence-corrected chi connectivity index (χ2v) is 8.43. The third kappa shape index (κ3) is 13.8. The van der Waals surface area contributed by atoms with Gasteiger partial charge in [0.25, 0.3) is 18.3 Å². The van der Waals surface area contributed by atoms with Crippen LogP contribution in [0, 0.1) is 0 Å². The fourth-order valence-electron chi connectivity index (χ4n) is 3.65. The van der Waals surface area contributed by atoms with Gasteiger partial charge in [-0.25, -0.2) is 0 Å². The van der Waals surface area contributed by atoms with Crippen molar-refractivity contribution < 1.29 is 29.4 Å². The van der Waals surface area contributed by atoms with E-state index in [0.29, 0.717) is 49.2 Å². The van der Waals surface area contributed by atoms with Crippen molar-refractivity contribution in [2.45, 2.75) is 79.1 Å². The maximum atomic E-state index is 13.0. The van der Waals surface area contributed by atoms with E-state index in [2.05, 4.69) is 17.2 Å². The van der Waals surface area contributed by atoms with Crippen LogP contribution in [-0.2, 0) is 20.8 Å². The number of nitrogens with one attached hydrogen (secondary N) is 1. The van der Waals surface area contributed by atoms with Crippen LogP contribution in [0.5, 0.6) is 0 Å². The van der Waals surface area contributed by atoms with Crippen molar-refractivity contribution in [3.8, 4) is 0 Å². The fraction of sp³-hybridized carbons (Fsp3) is 0.464. The first kappa shape index (κ1) is 33.2. The van der Waals surface area contributed by atoms with Gasteiger partial charge in [0.1, 0.15) is 5.84 Å². The summed E-state index contributed by atoms with van der Waals surface area (Å²) in [5.41, 5.74) is 10.1. The minimum Gasteiger partial charge on any atom is -0.483 e. The van der Waals surface area contributed by atoms with E-state index in [1.54, 1.807) is 12.1 Å². The molecule has 0 aliphatic heterocycles. The van der Waals surface area contributed by atoms with Gasteiger partial charge in [0.2, 0.25) is 0 Å². The number of nitrogens with zero attached hydrogens (tertiary/aromatic N) is 1. The molecule has 1 rings (SSSR count). The lowest BCUT2D eigenvalue weighted by Gasteiger charge is -2.14. The second-order valence-electron chi connectivity index (χ2n) is 8.43. The van der Waals surface area contributed by atoms with Crippen LogP contribution in [0.15, 0.2) is 52.1 Å². The van der Waals surface area contributed by atoms with Crippen LogP contribution in [0.25, 0.3) is 0 Å². The lowest BCUT2D eigenvalue weighted by Crippen LogP contribution is -2.24. The topological polar surface area (TPSA) is 159 Å². The van der Waals surface area contributed by atoms with Crippen LogP contribution < -0.4 is 11.1 Å². The number of aliphatic imine (C=N–C) groups is 1. The molecule has 0 fully saturated rings. The zero-order valence-corrected chi connectivity index (χ0v) is 22.4. The van der Waals surface area contributed by atoms with Crippen molar-refractivity contribution in [2.24, 2.45) is 10.7 Å². The van der Waals surface area contributed by atoms with Crippen molar-refractivity contribution in [1.29, 1.82) is 0 Å². The van der Waals surface area contributed by atoms with Gasteiger partial charge >= 0.3 is 5.97 Å². The van der Waals surface area contributed by atoms with E-state index < -0.39 is 5.97 Å². The number of carbonyl (C=O) groups is 4. The summed E-state index contributed by atoms with van der Waals surface area (Å²) in [6, 6.07) is 7.33. The van der Waals surface area contributed by atoms with Crippen molar-refractivity contribution in [3.63, 3.8) is 0 Å². The number of carboxylic acid groups (broad SMARTS) is 2. The summed E-state index contributed by atoms with van der Waals surface area (Å²) in [5.74, 6) is -1.01. The summed E-state index contributed by atoms with van der Waals surface area (Å²) in [5, 5.41) is 18.3. The predicted molar refractivity (Wildman–Crippen MR) is 146 cm³/mol. The van der Waals surface area contributed by atoms with Gasteiger partial charge in [-0.15, -0.1) is 0 Å². The van der Waals surface area contributed by atoms with E-state index in [1.807, 2.05) is 39.0 Å². The predicted octanol–water partition coefficient (Wildman–Crippen LogP) is 4.66. The first-order valence-electron chi connectivity index (χ1n) is 12.5. The molecule has 9 nitrogen and oxygen atoms in total. The summed E-state index contributed by atoms with van der Waals surface area (Å²) >= 11 is 0. The Balaban J connectivity index is 0.00000410. The Morgan fingerprint density at radius 2 is 1.62 bits per heavy atom. The number of aliphatic carboxylic acids is 1. The number of carboxylic acids is 1. The van der Waals surface area contributed by atoms with E-state index in [1.165, 1.54) is 0 Å². The van der Waals surface area contributed by atoms with Crippen molar-refractivity contribution in [3.05, 3.63) is 58.2 Å². The maximum absolute atomic E-state index is 13.0. The van der Waals surface area contributed by atoms with Gasteiger partial charge in [0.05, 0.1) is 0 Å². The highest BCUT2D eigenvalue weighted by Gasteiger charge is 2.17. The molecule has 0 aromatic heterocycles. The van der Waals surface area contributed by atoms with E-state index in [0.717, 1.165) is 36.0 Å². The highest BCUT2D eigenvalue weighted by molar-refractivity contribution is 6.05. The zero-order valence-electron chi connectivity index (χ0n) is 22.4. The highest BCUT2D eigenvalue weighted by atomic mass is 16.4. The van der Waals surface area contributed by atoms with Gasteiger partial charge in [-0.1, -0.05) is 44.1 Å². The molecule has 5 N–H and O–H groups in total. The number of carbonyl (C=O) groups excluding carboxylic acids is 2. The van der Waals surface area contributed by atoms with E-state index in [9.17, 15) is 14.4 Å². The van der Waals surface area contributed by atoms with Gasteiger partial charge in [0, 0.05) is 30.5 Å². The average molecular weight is 516 g/mol. The minimum absolute atomic E-state index is 0.0275. The zero-order chi connectivity index (χ0) is 28.2. The number of aryl methyl sites for hydroxylation is 1. The molecule has 0 spiro atoms. The lowest BCUT2D eigenvalue weighted by molar-refractivity contribution is -0.137. The number of nitrogens with two attached hydrogens (primary N) is 1. The number of amides is 2. The number of benzene rings is 1. The average Bonchev–Trinajstić information content (AvgIpc) is 2.85. The first-order valence-corrected chi connectivity index (χ1v) is 12.5. The quantitative estimate of drug-likeness (QED) is 0.0700. The number of hydrogen-bond donors (Lipinski definition) is 4. The molecule has 2 amide bonds. The number of amidine groups is 1. The molecule has 204 valence electrons. The molecule has 0 atom stereocenters. The molecule has 37 heavy (non-hydrogen) atoms. The molecular weight excluding hydrogens is 474 g/mol. The molecular formula is C28H41N3O6. The monoisotopic (exact) mass is 515 g/mol. The Bertz CT molecular complexity index is 978. The van der Waals surface area contributed by atoms with E-state index >= 15 is 0 Å². The Labute approximate surface area is 219 Å². The highest BCUT2D eigenvalue weighted by Crippen LogP contribution is 2.25. The SMILES string of the molecule is C/C=C(CCc1ccc(C(=O)NCCCC(=O)O)cc1)\C(C(=O)N=C(N)CCC)=C(\C)CCC.O=CO. The van der Waals surface area contributed by atoms with Crippen LogP contribution in [0.3, 0.4) is 0 Å².